The Morgan fingerprint density at radius 1 is 1.07 bits per heavy atom. The van der Waals surface area contributed by atoms with Crippen molar-refractivity contribution in [2.24, 2.45) is 0 Å². The summed E-state index contributed by atoms with van der Waals surface area (Å²) in [6.45, 7) is 5.79. The van der Waals surface area contributed by atoms with Crippen LogP contribution in [0.5, 0.6) is 5.75 Å². The van der Waals surface area contributed by atoms with E-state index in [0.717, 1.165) is 17.5 Å². The molecule has 8 rings (SSSR count). The summed E-state index contributed by atoms with van der Waals surface area (Å²) in [5, 5.41) is 26.9. The van der Waals surface area contributed by atoms with E-state index in [1.54, 1.807) is 51.1 Å². The van der Waals surface area contributed by atoms with Crippen LogP contribution in [0.25, 0.3) is 16.6 Å². The summed E-state index contributed by atoms with van der Waals surface area (Å²) in [6.07, 6.45) is 9.52. The van der Waals surface area contributed by atoms with Crippen LogP contribution < -0.4 is 20.3 Å². The molecule has 3 aliphatic rings. The Hall–Kier alpha value is -5.64. The first-order valence-corrected chi connectivity index (χ1v) is 19.3. The van der Waals surface area contributed by atoms with Crippen LogP contribution in [-0.4, -0.2) is 96.5 Å². The molecule has 3 fully saturated rings. The topological polar surface area (TPSA) is 159 Å². The Balaban J connectivity index is 0.881. The highest BCUT2D eigenvalue weighted by Crippen LogP contribution is 2.36. The van der Waals surface area contributed by atoms with Crippen LogP contribution in [0, 0.1) is 11.6 Å². The molecule has 0 spiro atoms. The molecule has 14 nitrogen and oxygen atoms in total. The molecule has 5 aromatic rings. The van der Waals surface area contributed by atoms with Crippen LogP contribution in [0.3, 0.4) is 0 Å². The van der Waals surface area contributed by atoms with Gasteiger partial charge in [0.1, 0.15) is 23.1 Å². The predicted octanol–water partition coefficient (Wildman–Crippen LogP) is 4.98. The Morgan fingerprint density at radius 2 is 1.86 bits per heavy atom. The van der Waals surface area contributed by atoms with Gasteiger partial charge in [-0.05, 0) is 70.6 Å². The molecule has 0 radical (unpaired) electrons. The quantitative estimate of drug-likeness (QED) is 0.188. The molecular weight excluding hydrogens is 724 g/mol. The van der Waals surface area contributed by atoms with E-state index in [0.29, 0.717) is 73.5 Å². The molecule has 3 aliphatic heterocycles. The first-order chi connectivity index (χ1) is 26.9. The number of piperidine rings is 3. The Bertz CT molecular complexity index is 2290. The van der Waals surface area contributed by atoms with Gasteiger partial charge in [-0.25, -0.2) is 18.3 Å². The van der Waals surface area contributed by atoms with Gasteiger partial charge >= 0.3 is 0 Å². The molecule has 3 N–H and O–H groups in total. The van der Waals surface area contributed by atoms with E-state index in [1.165, 1.54) is 0 Å². The van der Waals surface area contributed by atoms with Gasteiger partial charge in [-0.1, -0.05) is 0 Å². The van der Waals surface area contributed by atoms with E-state index >= 15 is 8.78 Å². The van der Waals surface area contributed by atoms with Crippen molar-refractivity contribution in [1.29, 1.82) is 0 Å². The number of aliphatic hydroxyl groups is 1. The average Bonchev–Trinajstić information content (AvgIpc) is 3.79. The molecule has 3 amide bonds. The first kappa shape index (κ1) is 37.3. The monoisotopic (exact) mass is 769 g/mol. The molecular formula is C40H45F2N9O5. The standard InChI is InChI=1S/C40H45F2N9O5/c1-24(2)56-35-20-32-25(17-29(35)39(54)46-33-22-45-50-12-4-11-43-37(33)50)23-51(47-32)26-6-13-49(14-7-26)36(52)21-40(55)8-15-48(16-9-40)34-19-30(41)28(18-31(34)42)27-5-3-10-44-38(27)53/h4,11-12,17-20,22-24,26-27,55H,3,5-10,13-16,21H2,1-2H3,(H,44,53)(H,46,54). The van der Waals surface area contributed by atoms with Crippen molar-refractivity contribution in [2.75, 3.05) is 42.9 Å². The predicted molar refractivity (Wildman–Crippen MR) is 204 cm³/mol. The lowest BCUT2D eigenvalue weighted by atomic mass is 9.86. The summed E-state index contributed by atoms with van der Waals surface area (Å²) in [6, 6.07) is 7.58. The van der Waals surface area contributed by atoms with Gasteiger partial charge in [0.25, 0.3) is 5.91 Å². The van der Waals surface area contributed by atoms with Gasteiger partial charge in [0.05, 0.1) is 53.0 Å². The molecule has 2 aromatic carbocycles. The maximum atomic E-state index is 15.3. The molecule has 1 atom stereocenters. The Labute approximate surface area is 321 Å². The van der Waals surface area contributed by atoms with Crippen molar-refractivity contribution in [3.05, 3.63) is 77.9 Å². The molecule has 3 aromatic heterocycles. The van der Waals surface area contributed by atoms with Crippen LogP contribution in [0.15, 0.2) is 55.1 Å². The largest absolute Gasteiger partial charge is 0.490 e. The minimum atomic E-state index is -1.26. The van der Waals surface area contributed by atoms with E-state index < -0.39 is 23.2 Å². The number of hydrogen-bond acceptors (Lipinski definition) is 9. The summed E-state index contributed by atoms with van der Waals surface area (Å²) in [5.74, 6) is -2.35. The summed E-state index contributed by atoms with van der Waals surface area (Å²) < 4.78 is 40.0. The maximum absolute atomic E-state index is 15.3. The van der Waals surface area contributed by atoms with Crippen LogP contribution in [0.4, 0.5) is 20.2 Å². The number of amides is 3. The Morgan fingerprint density at radius 3 is 2.61 bits per heavy atom. The minimum absolute atomic E-state index is 0.0172. The number of aromatic nitrogens is 5. The number of fused-ring (bicyclic) bond motifs is 2. The van der Waals surface area contributed by atoms with Gasteiger partial charge in [0, 0.05) is 74.4 Å². The number of hydrogen-bond donors (Lipinski definition) is 3. The zero-order valence-corrected chi connectivity index (χ0v) is 31.4. The van der Waals surface area contributed by atoms with Crippen molar-refractivity contribution in [3.8, 4) is 5.75 Å². The highest BCUT2D eigenvalue weighted by atomic mass is 19.1. The van der Waals surface area contributed by atoms with Gasteiger partial charge in [-0.3, -0.25) is 19.1 Å². The number of anilines is 2. The summed E-state index contributed by atoms with van der Waals surface area (Å²) in [5.41, 5.74) is 0.911. The van der Waals surface area contributed by atoms with E-state index in [1.807, 2.05) is 24.7 Å². The van der Waals surface area contributed by atoms with E-state index in [-0.39, 0.29) is 73.5 Å². The zero-order chi connectivity index (χ0) is 39.1. The fourth-order valence-corrected chi connectivity index (χ4v) is 8.14. The number of nitrogens with zero attached hydrogens (tertiary/aromatic N) is 7. The van der Waals surface area contributed by atoms with Gasteiger partial charge in [-0.2, -0.15) is 10.2 Å². The second-order valence-electron chi connectivity index (χ2n) is 15.4. The highest BCUT2D eigenvalue weighted by Gasteiger charge is 2.38. The summed E-state index contributed by atoms with van der Waals surface area (Å²) >= 11 is 0. The van der Waals surface area contributed by atoms with Crippen molar-refractivity contribution in [1.82, 2.24) is 34.6 Å². The molecule has 6 heterocycles. The van der Waals surface area contributed by atoms with E-state index in [9.17, 15) is 19.5 Å². The smallest absolute Gasteiger partial charge is 0.259 e. The van der Waals surface area contributed by atoms with Crippen molar-refractivity contribution in [3.63, 3.8) is 0 Å². The molecule has 0 bridgehead atoms. The van der Waals surface area contributed by atoms with Crippen LogP contribution in [0.2, 0.25) is 0 Å². The molecule has 16 heteroatoms. The van der Waals surface area contributed by atoms with Gasteiger partial charge in [-0.15, -0.1) is 0 Å². The summed E-state index contributed by atoms with van der Waals surface area (Å²) in [4.78, 5) is 47.1. The number of rotatable bonds is 9. The number of benzene rings is 2. The molecule has 0 saturated carbocycles. The minimum Gasteiger partial charge on any atom is -0.490 e. The van der Waals surface area contributed by atoms with E-state index in [2.05, 4.69) is 20.7 Å². The molecule has 1 unspecified atom stereocenters. The number of likely N-dealkylation sites (tertiary alicyclic amines) is 1. The Kier molecular flexibility index (Phi) is 10.1. The molecule has 3 saturated heterocycles. The zero-order valence-electron chi connectivity index (χ0n) is 31.4. The third-order valence-corrected chi connectivity index (χ3v) is 11.2. The van der Waals surface area contributed by atoms with Crippen LogP contribution in [0.1, 0.15) is 86.7 Å². The first-order valence-electron chi connectivity index (χ1n) is 19.3. The number of halogens is 2. The number of carbonyl (C=O) groups is 3. The van der Waals surface area contributed by atoms with E-state index in [4.69, 9.17) is 9.84 Å². The van der Waals surface area contributed by atoms with Crippen LogP contribution in [-0.2, 0) is 9.59 Å². The number of nitrogens with one attached hydrogen (secondary N) is 2. The molecule has 294 valence electrons. The fourth-order valence-electron chi connectivity index (χ4n) is 8.14. The van der Waals surface area contributed by atoms with Gasteiger partial charge < -0.3 is 30.3 Å². The van der Waals surface area contributed by atoms with Crippen molar-refractivity contribution < 1.29 is 33.0 Å². The maximum Gasteiger partial charge on any atom is 0.259 e. The third kappa shape index (κ3) is 7.49. The fraction of sp³-hybridized carbons (Fsp3) is 0.450. The SMILES string of the molecule is CC(C)Oc1cc2nn(C3CCN(C(=O)CC4(O)CCN(c5cc(F)c(C6CCCNC6=O)cc5F)CC4)CC3)cc2cc1C(=O)Nc1cnn2cccnc12. The van der Waals surface area contributed by atoms with Gasteiger partial charge in [0.2, 0.25) is 11.8 Å². The summed E-state index contributed by atoms with van der Waals surface area (Å²) in [7, 11) is 0. The lowest BCUT2D eigenvalue weighted by Crippen LogP contribution is -2.49. The lowest BCUT2D eigenvalue weighted by Gasteiger charge is -2.40. The third-order valence-electron chi connectivity index (χ3n) is 11.2. The van der Waals surface area contributed by atoms with Crippen LogP contribution >= 0.6 is 0 Å². The number of ether oxygens (including phenoxy) is 1. The lowest BCUT2D eigenvalue weighted by molar-refractivity contribution is -0.138. The molecule has 0 aliphatic carbocycles. The molecule has 56 heavy (non-hydrogen) atoms. The van der Waals surface area contributed by atoms with Crippen molar-refractivity contribution in [2.45, 2.75) is 82.5 Å². The highest BCUT2D eigenvalue weighted by molar-refractivity contribution is 6.09. The second kappa shape index (κ2) is 15.1. The normalized spacial score (nSPS) is 19.1. The van der Waals surface area contributed by atoms with Crippen molar-refractivity contribution >= 4 is 45.6 Å². The average molecular weight is 770 g/mol. The number of carbonyl (C=O) groups excluding carboxylic acids is 3. The van der Waals surface area contributed by atoms with Gasteiger partial charge in [0.15, 0.2) is 5.65 Å². The second-order valence-corrected chi connectivity index (χ2v) is 15.4.